The highest BCUT2D eigenvalue weighted by atomic mass is 35.5. The monoisotopic (exact) mass is 519 g/mol. The van der Waals surface area contributed by atoms with Crippen molar-refractivity contribution in [1.29, 1.82) is 0 Å². The van der Waals surface area contributed by atoms with Crippen LogP contribution in [0.1, 0.15) is 10.4 Å². The van der Waals surface area contributed by atoms with Crippen LogP contribution in [0.25, 0.3) is 22.2 Å². The highest BCUT2D eigenvalue weighted by Crippen LogP contribution is 2.36. The zero-order valence-electron chi connectivity index (χ0n) is 19.8. The molecule has 8 nitrogen and oxygen atoms in total. The summed E-state index contributed by atoms with van der Waals surface area (Å²) in [5.74, 6) is -0.147. The first-order chi connectivity index (χ1) is 18.1. The first kappa shape index (κ1) is 23.4. The molecule has 0 bridgehead atoms. The van der Waals surface area contributed by atoms with Gasteiger partial charge in [0.2, 0.25) is 0 Å². The fourth-order valence-corrected chi connectivity index (χ4v) is 4.90. The van der Waals surface area contributed by atoms with E-state index in [1.807, 2.05) is 42.5 Å². The Labute approximate surface area is 217 Å². The second-order valence-corrected chi connectivity index (χ2v) is 9.06. The Kier molecular flexibility index (Phi) is 6.23. The number of nitrogens with zero attached hydrogens (tertiary/aromatic N) is 4. The number of hydrazine groups is 1. The molecule has 2 aromatic carbocycles. The topological polar surface area (TPSA) is 79.8 Å². The molecule has 6 rings (SSSR count). The van der Waals surface area contributed by atoms with Gasteiger partial charge in [0.1, 0.15) is 12.4 Å². The van der Waals surface area contributed by atoms with Crippen molar-refractivity contribution < 1.29 is 18.7 Å². The number of fused-ring (bicyclic) bond motifs is 2. The number of aromatic nitrogens is 2. The predicted molar refractivity (Wildman–Crippen MR) is 140 cm³/mol. The molecule has 1 N–H and O–H groups in total. The molecule has 2 aliphatic heterocycles. The Morgan fingerprint density at radius 3 is 2.68 bits per heavy atom. The highest BCUT2D eigenvalue weighted by Gasteiger charge is 2.26. The second kappa shape index (κ2) is 9.84. The number of carbonyl (C=O) groups excluding carboxylic acids is 1. The number of hydrogen-bond acceptors (Lipinski definition) is 7. The van der Waals surface area contributed by atoms with Crippen LogP contribution in [0.2, 0.25) is 5.15 Å². The number of halogens is 2. The number of pyridine rings is 2. The van der Waals surface area contributed by atoms with E-state index >= 15 is 0 Å². The molecule has 188 valence electrons. The van der Waals surface area contributed by atoms with Crippen molar-refractivity contribution in [3.05, 3.63) is 77.3 Å². The summed E-state index contributed by atoms with van der Waals surface area (Å²) in [7, 11) is 0. The fraction of sp³-hybridized carbons (Fsp3) is 0.222. The van der Waals surface area contributed by atoms with Gasteiger partial charge >= 0.3 is 0 Å². The van der Waals surface area contributed by atoms with Crippen molar-refractivity contribution in [2.75, 3.05) is 49.4 Å². The van der Waals surface area contributed by atoms with Crippen LogP contribution in [0.3, 0.4) is 0 Å². The van der Waals surface area contributed by atoms with E-state index in [-0.39, 0.29) is 11.1 Å². The molecule has 4 aromatic rings. The van der Waals surface area contributed by atoms with E-state index < -0.39 is 5.82 Å². The normalized spacial score (nSPS) is 15.3. The molecular weight excluding hydrogens is 497 g/mol. The maximum Gasteiger partial charge on any atom is 0.273 e. The third-order valence-corrected chi connectivity index (χ3v) is 6.75. The fourth-order valence-electron chi connectivity index (χ4n) is 4.75. The van der Waals surface area contributed by atoms with E-state index in [1.165, 1.54) is 6.07 Å². The van der Waals surface area contributed by atoms with E-state index in [0.717, 1.165) is 16.8 Å². The van der Waals surface area contributed by atoms with Crippen molar-refractivity contribution >= 4 is 39.8 Å². The lowest BCUT2D eigenvalue weighted by Gasteiger charge is -2.33. The molecule has 1 fully saturated rings. The summed E-state index contributed by atoms with van der Waals surface area (Å²) in [6.07, 6.45) is 1.59. The van der Waals surface area contributed by atoms with Crippen LogP contribution >= 0.6 is 11.6 Å². The molecule has 0 saturated carbocycles. The van der Waals surface area contributed by atoms with Crippen molar-refractivity contribution in [3.8, 4) is 17.0 Å². The molecule has 0 radical (unpaired) electrons. The number of benzene rings is 2. The van der Waals surface area contributed by atoms with Gasteiger partial charge in [0.15, 0.2) is 11.0 Å². The SMILES string of the molecule is O=C(NN1CCOc2ccccc21)c1cnc2c(-c3ccc(F)c(Cl)n3)cccc2c1N1CCOCC1. The van der Waals surface area contributed by atoms with Gasteiger partial charge in [-0.15, -0.1) is 0 Å². The first-order valence-electron chi connectivity index (χ1n) is 12.0. The Morgan fingerprint density at radius 2 is 1.84 bits per heavy atom. The lowest BCUT2D eigenvalue weighted by Crippen LogP contribution is -2.47. The van der Waals surface area contributed by atoms with Crippen LogP contribution in [-0.2, 0) is 4.74 Å². The summed E-state index contributed by atoms with van der Waals surface area (Å²) in [6, 6.07) is 16.1. The zero-order chi connectivity index (χ0) is 25.4. The van der Waals surface area contributed by atoms with Gasteiger partial charge in [-0.3, -0.25) is 20.2 Å². The largest absolute Gasteiger partial charge is 0.489 e. The lowest BCUT2D eigenvalue weighted by atomic mass is 10.0. The Morgan fingerprint density at radius 1 is 1.00 bits per heavy atom. The van der Waals surface area contributed by atoms with Gasteiger partial charge in [0, 0.05) is 30.2 Å². The molecule has 1 saturated heterocycles. The van der Waals surface area contributed by atoms with Gasteiger partial charge in [-0.2, -0.15) is 0 Å². The summed E-state index contributed by atoms with van der Waals surface area (Å²) < 4.78 is 25.1. The van der Waals surface area contributed by atoms with Crippen LogP contribution in [0.5, 0.6) is 5.75 Å². The maximum absolute atomic E-state index is 13.8. The van der Waals surface area contributed by atoms with Crippen molar-refractivity contribution in [3.63, 3.8) is 0 Å². The zero-order valence-corrected chi connectivity index (χ0v) is 20.5. The number of ether oxygens (including phenoxy) is 2. The van der Waals surface area contributed by atoms with Gasteiger partial charge in [0.25, 0.3) is 5.91 Å². The summed E-state index contributed by atoms with van der Waals surface area (Å²) >= 11 is 5.97. The number of carbonyl (C=O) groups is 1. The summed E-state index contributed by atoms with van der Waals surface area (Å²) in [6.45, 7) is 3.33. The minimum Gasteiger partial charge on any atom is -0.489 e. The molecule has 0 atom stereocenters. The maximum atomic E-state index is 13.8. The Balaban J connectivity index is 1.45. The molecule has 0 spiro atoms. The lowest BCUT2D eigenvalue weighted by molar-refractivity contribution is 0.0943. The van der Waals surface area contributed by atoms with Crippen LogP contribution < -0.4 is 20.1 Å². The molecule has 4 heterocycles. The first-order valence-corrected chi connectivity index (χ1v) is 12.3. The molecule has 2 aromatic heterocycles. The van der Waals surface area contributed by atoms with Crippen molar-refractivity contribution in [2.45, 2.75) is 0 Å². The van der Waals surface area contributed by atoms with Gasteiger partial charge in [0.05, 0.1) is 47.9 Å². The number of amides is 1. The minimum atomic E-state index is -0.587. The second-order valence-electron chi connectivity index (χ2n) is 8.70. The van der Waals surface area contributed by atoms with E-state index in [4.69, 9.17) is 21.1 Å². The number of nitrogens with one attached hydrogen (secondary N) is 1. The number of morpholine rings is 1. The van der Waals surface area contributed by atoms with Gasteiger partial charge < -0.3 is 14.4 Å². The number of hydrogen-bond donors (Lipinski definition) is 1. The Hall–Kier alpha value is -3.95. The molecule has 1 amide bonds. The number of para-hydroxylation sites is 3. The highest BCUT2D eigenvalue weighted by molar-refractivity contribution is 6.29. The predicted octanol–water partition coefficient (Wildman–Crippen LogP) is 4.47. The van der Waals surface area contributed by atoms with E-state index in [0.29, 0.717) is 67.5 Å². The van der Waals surface area contributed by atoms with E-state index in [9.17, 15) is 9.18 Å². The molecule has 0 aliphatic carbocycles. The van der Waals surface area contributed by atoms with Crippen LogP contribution in [-0.4, -0.2) is 55.3 Å². The Bertz CT molecular complexity index is 1490. The third kappa shape index (κ3) is 4.41. The average molecular weight is 520 g/mol. The number of anilines is 2. The van der Waals surface area contributed by atoms with E-state index in [1.54, 1.807) is 17.3 Å². The molecular formula is C27H23ClFN5O3. The van der Waals surface area contributed by atoms with Crippen LogP contribution in [0, 0.1) is 5.82 Å². The van der Waals surface area contributed by atoms with Gasteiger partial charge in [-0.05, 0) is 24.3 Å². The molecule has 10 heteroatoms. The molecule has 0 unspecified atom stereocenters. The van der Waals surface area contributed by atoms with Crippen LogP contribution in [0.15, 0.2) is 60.8 Å². The van der Waals surface area contributed by atoms with E-state index in [2.05, 4.69) is 20.3 Å². The number of rotatable bonds is 4. The van der Waals surface area contributed by atoms with Crippen molar-refractivity contribution in [1.82, 2.24) is 15.4 Å². The van der Waals surface area contributed by atoms with Gasteiger partial charge in [-0.1, -0.05) is 41.9 Å². The molecule has 2 aliphatic rings. The summed E-state index contributed by atoms with van der Waals surface area (Å²) in [5.41, 5.74) is 6.89. The summed E-state index contributed by atoms with van der Waals surface area (Å²) in [5, 5.41) is 2.39. The molecule has 37 heavy (non-hydrogen) atoms. The smallest absolute Gasteiger partial charge is 0.273 e. The van der Waals surface area contributed by atoms with Crippen LogP contribution in [0.4, 0.5) is 15.8 Å². The quantitative estimate of drug-likeness (QED) is 0.398. The third-order valence-electron chi connectivity index (χ3n) is 6.49. The summed E-state index contributed by atoms with van der Waals surface area (Å²) in [4.78, 5) is 24.7. The minimum absolute atomic E-state index is 0.204. The average Bonchev–Trinajstić information content (AvgIpc) is 2.94. The van der Waals surface area contributed by atoms with Gasteiger partial charge in [-0.25, -0.2) is 9.37 Å². The standard InChI is InChI=1S/C27H23ClFN5O3/c28-26-20(29)8-9-21(31-26)17-4-3-5-18-24(17)30-16-19(25(18)33-10-13-36-14-11-33)27(35)32-34-12-15-37-23-7-2-1-6-22(23)34/h1-9,16H,10-15H2,(H,32,35). The van der Waals surface area contributed by atoms with Crippen molar-refractivity contribution in [2.24, 2.45) is 0 Å².